The van der Waals surface area contributed by atoms with Gasteiger partial charge in [0.05, 0.1) is 12.6 Å². The van der Waals surface area contributed by atoms with Crippen molar-refractivity contribution in [2.24, 2.45) is 10.8 Å². The van der Waals surface area contributed by atoms with E-state index in [1.807, 2.05) is 6.92 Å². The molecular weight excluding hydrogens is 204 g/mol. The zero-order chi connectivity index (χ0) is 11.8. The van der Waals surface area contributed by atoms with Crippen molar-refractivity contribution >= 4 is 5.96 Å². The SMILES string of the molecule is CCOCC(C)NC(=NC1CCCC1)NN. The van der Waals surface area contributed by atoms with Gasteiger partial charge in [-0.15, -0.1) is 0 Å². The van der Waals surface area contributed by atoms with Crippen molar-refractivity contribution in [3.05, 3.63) is 0 Å². The molecule has 0 saturated heterocycles. The molecule has 1 rings (SSSR count). The highest BCUT2D eigenvalue weighted by Crippen LogP contribution is 2.20. The van der Waals surface area contributed by atoms with E-state index in [-0.39, 0.29) is 6.04 Å². The maximum Gasteiger partial charge on any atom is 0.206 e. The van der Waals surface area contributed by atoms with E-state index in [4.69, 9.17) is 10.6 Å². The first-order valence-corrected chi connectivity index (χ1v) is 6.15. The molecule has 1 unspecified atom stereocenters. The Morgan fingerprint density at radius 2 is 2.19 bits per heavy atom. The predicted molar refractivity (Wildman–Crippen MR) is 66.1 cm³/mol. The molecule has 5 nitrogen and oxygen atoms in total. The maximum absolute atomic E-state index is 5.44. The van der Waals surface area contributed by atoms with E-state index >= 15 is 0 Å². The molecule has 5 heteroatoms. The molecule has 0 aromatic rings. The molecule has 1 aliphatic carbocycles. The average Bonchev–Trinajstić information content (AvgIpc) is 2.78. The molecule has 0 amide bonds. The highest BCUT2D eigenvalue weighted by atomic mass is 16.5. The number of hydrogen-bond acceptors (Lipinski definition) is 3. The van der Waals surface area contributed by atoms with Crippen molar-refractivity contribution in [3.63, 3.8) is 0 Å². The summed E-state index contributed by atoms with van der Waals surface area (Å²) in [7, 11) is 0. The number of hydrazine groups is 1. The normalized spacial score (nSPS) is 19.8. The van der Waals surface area contributed by atoms with Crippen molar-refractivity contribution in [1.82, 2.24) is 10.7 Å². The highest BCUT2D eigenvalue weighted by molar-refractivity contribution is 5.79. The fourth-order valence-corrected chi connectivity index (χ4v) is 1.90. The van der Waals surface area contributed by atoms with E-state index in [2.05, 4.69) is 22.7 Å². The summed E-state index contributed by atoms with van der Waals surface area (Å²) in [6, 6.07) is 0.647. The van der Waals surface area contributed by atoms with Gasteiger partial charge in [-0.05, 0) is 26.7 Å². The molecular formula is C11H24N4O. The molecule has 0 aliphatic heterocycles. The Bertz CT molecular complexity index is 214. The fraction of sp³-hybridized carbons (Fsp3) is 0.909. The molecule has 1 aliphatic rings. The number of guanidine groups is 1. The monoisotopic (exact) mass is 228 g/mol. The minimum atomic E-state index is 0.219. The summed E-state index contributed by atoms with van der Waals surface area (Å²) >= 11 is 0. The third-order valence-electron chi connectivity index (χ3n) is 2.73. The van der Waals surface area contributed by atoms with Gasteiger partial charge < -0.3 is 10.1 Å². The van der Waals surface area contributed by atoms with Gasteiger partial charge in [-0.1, -0.05) is 12.8 Å². The van der Waals surface area contributed by atoms with E-state index < -0.39 is 0 Å². The second-order valence-corrected chi connectivity index (χ2v) is 4.27. The molecule has 94 valence electrons. The Labute approximate surface area is 97.8 Å². The topological polar surface area (TPSA) is 71.7 Å². The first-order chi connectivity index (χ1) is 7.76. The smallest absolute Gasteiger partial charge is 0.206 e. The number of rotatable bonds is 5. The number of ether oxygens (including phenoxy) is 1. The lowest BCUT2D eigenvalue weighted by atomic mass is 10.3. The van der Waals surface area contributed by atoms with Crippen LogP contribution in [0.15, 0.2) is 4.99 Å². The van der Waals surface area contributed by atoms with Crippen molar-refractivity contribution in [3.8, 4) is 0 Å². The van der Waals surface area contributed by atoms with E-state index in [9.17, 15) is 0 Å². The largest absolute Gasteiger partial charge is 0.380 e. The van der Waals surface area contributed by atoms with Gasteiger partial charge in [0.1, 0.15) is 0 Å². The third kappa shape index (κ3) is 4.81. The van der Waals surface area contributed by atoms with Gasteiger partial charge in [-0.25, -0.2) is 10.8 Å². The summed E-state index contributed by atoms with van der Waals surface area (Å²) < 4.78 is 5.32. The molecule has 0 heterocycles. The summed E-state index contributed by atoms with van der Waals surface area (Å²) in [6.45, 7) is 5.44. The lowest BCUT2D eigenvalue weighted by Crippen LogP contribution is -2.47. The Morgan fingerprint density at radius 1 is 1.50 bits per heavy atom. The molecule has 0 spiro atoms. The number of nitrogens with one attached hydrogen (secondary N) is 2. The average molecular weight is 228 g/mol. The van der Waals surface area contributed by atoms with Gasteiger partial charge >= 0.3 is 0 Å². The van der Waals surface area contributed by atoms with Crippen LogP contribution in [-0.2, 0) is 4.74 Å². The number of hydrogen-bond donors (Lipinski definition) is 3. The van der Waals surface area contributed by atoms with Crippen LogP contribution in [0.2, 0.25) is 0 Å². The van der Waals surface area contributed by atoms with Crippen LogP contribution < -0.4 is 16.6 Å². The zero-order valence-electron chi connectivity index (χ0n) is 10.3. The standard InChI is InChI=1S/C11H24N4O/c1-3-16-8-9(2)13-11(15-12)14-10-6-4-5-7-10/h9-10H,3-8,12H2,1-2H3,(H2,13,14,15). The molecule has 0 radical (unpaired) electrons. The van der Waals surface area contributed by atoms with Crippen molar-refractivity contribution in [1.29, 1.82) is 0 Å². The van der Waals surface area contributed by atoms with Crippen LogP contribution >= 0.6 is 0 Å². The Hall–Kier alpha value is -0.810. The van der Waals surface area contributed by atoms with Crippen LogP contribution in [0.25, 0.3) is 0 Å². The predicted octanol–water partition coefficient (Wildman–Crippen LogP) is 0.763. The lowest BCUT2D eigenvalue weighted by molar-refractivity contribution is 0.132. The summed E-state index contributed by atoms with van der Waals surface area (Å²) in [5.41, 5.74) is 2.62. The molecule has 4 N–H and O–H groups in total. The van der Waals surface area contributed by atoms with Gasteiger partial charge in [0.2, 0.25) is 5.96 Å². The van der Waals surface area contributed by atoms with Crippen LogP contribution in [-0.4, -0.2) is 31.3 Å². The Kier molecular flexibility index (Phi) is 6.18. The van der Waals surface area contributed by atoms with Crippen molar-refractivity contribution in [2.75, 3.05) is 13.2 Å². The van der Waals surface area contributed by atoms with Crippen LogP contribution in [0, 0.1) is 0 Å². The Morgan fingerprint density at radius 3 is 2.75 bits per heavy atom. The molecule has 0 aromatic carbocycles. The first-order valence-electron chi connectivity index (χ1n) is 6.15. The van der Waals surface area contributed by atoms with Crippen LogP contribution in [0.4, 0.5) is 0 Å². The minimum Gasteiger partial charge on any atom is -0.380 e. The second-order valence-electron chi connectivity index (χ2n) is 4.27. The summed E-state index contributed by atoms with van der Waals surface area (Å²) in [4.78, 5) is 4.56. The molecule has 1 fully saturated rings. The second kappa shape index (κ2) is 7.46. The summed E-state index contributed by atoms with van der Waals surface area (Å²) in [6.07, 6.45) is 4.90. The van der Waals surface area contributed by atoms with E-state index in [0.717, 1.165) is 6.61 Å². The van der Waals surface area contributed by atoms with Crippen LogP contribution in [0.3, 0.4) is 0 Å². The minimum absolute atomic E-state index is 0.219. The maximum atomic E-state index is 5.44. The highest BCUT2D eigenvalue weighted by Gasteiger charge is 2.15. The molecule has 1 saturated carbocycles. The van der Waals surface area contributed by atoms with Gasteiger partial charge in [0, 0.05) is 12.6 Å². The van der Waals surface area contributed by atoms with E-state index in [1.165, 1.54) is 25.7 Å². The molecule has 0 bridgehead atoms. The molecule has 0 aromatic heterocycles. The molecule has 16 heavy (non-hydrogen) atoms. The fourth-order valence-electron chi connectivity index (χ4n) is 1.90. The van der Waals surface area contributed by atoms with Gasteiger partial charge in [-0.2, -0.15) is 0 Å². The first kappa shape index (κ1) is 13.3. The van der Waals surface area contributed by atoms with Crippen molar-refractivity contribution in [2.45, 2.75) is 51.6 Å². The number of aliphatic imine (C=N–C) groups is 1. The van der Waals surface area contributed by atoms with Crippen LogP contribution in [0.5, 0.6) is 0 Å². The van der Waals surface area contributed by atoms with Gasteiger partial charge in [0.25, 0.3) is 0 Å². The van der Waals surface area contributed by atoms with Crippen LogP contribution in [0.1, 0.15) is 39.5 Å². The zero-order valence-corrected chi connectivity index (χ0v) is 10.3. The Balaban J connectivity index is 2.34. The van der Waals surface area contributed by atoms with Gasteiger partial charge in [-0.3, -0.25) is 5.43 Å². The lowest BCUT2D eigenvalue weighted by Gasteiger charge is -2.17. The quantitative estimate of drug-likeness (QED) is 0.281. The summed E-state index contributed by atoms with van der Waals surface area (Å²) in [5, 5.41) is 3.22. The molecule has 1 atom stereocenters. The third-order valence-corrected chi connectivity index (χ3v) is 2.73. The number of nitrogens with zero attached hydrogens (tertiary/aromatic N) is 1. The van der Waals surface area contributed by atoms with E-state index in [0.29, 0.717) is 18.6 Å². The van der Waals surface area contributed by atoms with Gasteiger partial charge in [0.15, 0.2) is 0 Å². The van der Waals surface area contributed by atoms with Crippen molar-refractivity contribution < 1.29 is 4.74 Å². The number of nitrogens with two attached hydrogens (primary N) is 1. The van der Waals surface area contributed by atoms with E-state index in [1.54, 1.807) is 0 Å². The summed E-state index contributed by atoms with van der Waals surface area (Å²) in [5.74, 6) is 6.12.